The SMILES string of the molecule is CC1(C)OB([C@H]2CCCC[C@H]2B2OC(C)(C)C(C)(C)O2)OC1(C)C. The minimum absolute atomic E-state index is 0.167. The van der Waals surface area contributed by atoms with Crippen molar-refractivity contribution in [3.63, 3.8) is 0 Å². The summed E-state index contributed by atoms with van der Waals surface area (Å²) < 4.78 is 25.5. The summed E-state index contributed by atoms with van der Waals surface area (Å²) in [6.45, 7) is 17.0. The molecule has 2 atom stereocenters. The van der Waals surface area contributed by atoms with Gasteiger partial charge in [-0.25, -0.2) is 0 Å². The molecule has 0 aromatic heterocycles. The first-order valence-corrected chi connectivity index (χ1v) is 9.58. The summed E-state index contributed by atoms with van der Waals surface area (Å²) in [5, 5.41) is 0. The van der Waals surface area contributed by atoms with Crippen LogP contribution in [0.25, 0.3) is 0 Å². The maximum Gasteiger partial charge on any atom is 0.460 e. The first kappa shape index (κ1) is 18.8. The van der Waals surface area contributed by atoms with E-state index >= 15 is 0 Å². The lowest BCUT2D eigenvalue weighted by Gasteiger charge is -2.34. The highest BCUT2D eigenvalue weighted by molar-refractivity contribution is 6.55. The quantitative estimate of drug-likeness (QED) is 0.697. The molecule has 24 heavy (non-hydrogen) atoms. The third kappa shape index (κ3) is 2.98. The molecule has 0 radical (unpaired) electrons. The van der Waals surface area contributed by atoms with Crippen molar-refractivity contribution in [1.29, 1.82) is 0 Å². The van der Waals surface area contributed by atoms with E-state index in [0.717, 1.165) is 12.8 Å². The predicted octanol–water partition coefficient (Wildman–Crippen LogP) is 4.49. The molecular formula is C18H34B2O4. The Labute approximate surface area is 148 Å². The fraction of sp³-hybridized carbons (Fsp3) is 1.00. The highest BCUT2D eigenvalue weighted by atomic mass is 16.7. The van der Waals surface area contributed by atoms with Gasteiger partial charge in [0.25, 0.3) is 0 Å². The van der Waals surface area contributed by atoms with E-state index in [1.165, 1.54) is 12.8 Å². The number of hydrogen-bond donors (Lipinski definition) is 0. The molecule has 0 spiro atoms. The average molecular weight is 336 g/mol. The van der Waals surface area contributed by atoms with Gasteiger partial charge in [-0.15, -0.1) is 0 Å². The molecule has 136 valence electrons. The van der Waals surface area contributed by atoms with E-state index in [1.807, 2.05) is 0 Å². The van der Waals surface area contributed by atoms with Crippen LogP contribution in [-0.4, -0.2) is 36.6 Å². The largest absolute Gasteiger partial charge is 0.460 e. The summed E-state index contributed by atoms with van der Waals surface area (Å²) in [5.74, 6) is 0.656. The zero-order valence-electron chi connectivity index (χ0n) is 16.8. The molecule has 6 heteroatoms. The van der Waals surface area contributed by atoms with E-state index in [9.17, 15) is 0 Å². The maximum atomic E-state index is 6.36. The van der Waals surface area contributed by atoms with Crippen LogP contribution in [0.1, 0.15) is 81.1 Å². The summed E-state index contributed by atoms with van der Waals surface area (Å²) in [4.78, 5) is 0. The predicted molar refractivity (Wildman–Crippen MR) is 98.1 cm³/mol. The third-order valence-corrected chi connectivity index (χ3v) is 7.12. The zero-order valence-corrected chi connectivity index (χ0v) is 16.8. The van der Waals surface area contributed by atoms with Gasteiger partial charge in [0.1, 0.15) is 0 Å². The fourth-order valence-electron chi connectivity index (χ4n) is 3.99. The molecule has 1 aliphatic carbocycles. The molecule has 0 aromatic carbocycles. The molecule has 0 amide bonds. The Bertz CT molecular complexity index is 413. The van der Waals surface area contributed by atoms with E-state index in [-0.39, 0.29) is 36.6 Å². The first-order chi connectivity index (χ1) is 10.9. The van der Waals surface area contributed by atoms with Crippen molar-refractivity contribution in [1.82, 2.24) is 0 Å². The van der Waals surface area contributed by atoms with Crippen molar-refractivity contribution in [3.05, 3.63) is 0 Å². The van der Waals surface area contributed by atoms with Crippen LogP contribution in [0.2, 0.25) is 11.6 Å². The molecular weight excluding hydrogens is 302 g/mol. The van der Waals surface area contributed by atoms with Gasteiger partial charge >= 0.3 is 14.2 Å². The lowest BCUT2D eigenvalue weighted by Crippen LogP contribution is -2.41. The highest BCUT2D eigenvalue weighted by Crippen LogP contribution is 2.52. The minimum atomic E-state index is -0.282. The number of hydrogen-bond acceptors (Lipinski definition) is 4. The Balaban J connectivity index is 1.79. The summed E-state index contributed by atoms with van der Waals surface area (Å²) in [6, 6.07) is 0. The molecule has 3 fully saturated rings. The smallest absolute Gasteiger partial charge is 0.403 e. The standard InChI is InChI=1S/C18H34B2O4/c1-15(2)16(3,4)22-19(21-15)13-11-9-10-12-14(13)20-23-17(5,6)18(7,8)24-20/h13-14H,9-12H2,1-8H3/t13-,14+. The molecule has 1 saturated carbocycles. The second-order valence-corrected chi connectivity index (χ2v) is 9.86. The summed E-state index contributed by atoms with van der Waals surface area (Å²) in [7, 11) is -0.335. The van der Waals surface area contributed by atoms with E-state index in [4.69, 9.17) is 18.6 Å². The van der Waals surface area contributed by atoms with Crippen LogP contribution in [0.15, 0.2) is 0 Å². The average Bonchev–Trinajstić information content (AvgIpc) is 2.79. The van der Waals surface area contributed by atoms with Crippen molar-refractivity contribution in [2.24, 2.45) is 0 Å². The van der Waals surface area contributed by atoms with Gasteiger partial charge in [-0.2, -0.15) is 0 Å². The Kier molecular flexibility index (Phi) is 4.48. The van der Waals surface area contributed by atoms with E-state index in [0.29, 0.717) is 11.6 Å². The van der Waals surface area contributed by atoms with Crippen molar-refractivity contribution >= 4 is 14.2 Å². The van der Waals surface area contributed by atoms with Crippen molar-refractivity contribution in [2.75, 3.05) is 0 Å². The Hall–Kier alpha value is -0.0301. The molecule has 0 bridgehead atoms. The minimum Gasteiger partial charge on any atom is -0.403 e. The molecule has 0 aromatic rings. The molecule has 0 N–H and O–H groups in total. The van der Waals surface area contributed by atoms with Crippen LogP contribution in [0.5, 0.6) is 0 Å². The zero-order chi connectivity index (χ0) is 18.0. The molecule has 4 nitrogen and oxygen atoms in total. The monoisotopic (exact) mass is 336 g/mol. The van der Waals surface area contributed by atoms with E-state index < -0.39 is 0 Å². The molecule has 3 rings (SSSR count). The van der Waals surface area contributed by atoms with E-state index in [1.54, 1.807) is 0 Å². The van der Waals surface area contributed by atoms with Crippen LogP contribution in [-0.2, 0) is 18.6 Å². The van der Waals surface area contributed by atoms with Gasteiger partial charge in [-0.3, -0.25) is 0 Å². The molecule has 2 aliphatic heterocycles. The van der Waals surface area contributed by atoms with Crippen LogP contribution in [0.3, 0.4) is 0 Å². The van der Waals surface area contributed by atoms with Gasteiger partial charge in [0.2, 0.25) is 0 Å². The third-order valence-electron chi connectivity index (χ3n) is 7.12. The Morgan fingerprint density at radius 1 is 0.542 bits per heavy atom. The highest BCUT2D eigenvalue weighted by Gasteiger charge is 2.60. The van der Waals surface area contributed by atoms with Gasteiger partial charge in [0.05, 0.1) is 22.4 Å². The second kappa shape index (κ2) is 5.73. The summed E-state index contributed by atoms with van der Waals surface area (Å²) in [6.07, 6.45) is 4.69. The summed E-state index contributed by atoms with van der Waals surface area (Å²) in [5.41, 5.74) is -1.13. The summed E-state index contributed by atoms with van der Waals surface area (Å²) >= 11 is 0. The molecule has 3 aliphatic rings. The topological polar surface area (TPSA) is 36.9 Å². The van der Waals surface area contributed by atoms with Gasteiger partial charge in [0, 0.05) is 0 Å². The molecule has 2 heterocycles. The normalized spacial score (nSPS) is 37.0. The van der Waals surface area contributed by atoms with Crippen LogP contribution >= 0.6 is 0 Å². The number of rotatable bonds is 2. The lowest BCUT2D eigenvalue weighted by atomic mass is 9.48. The maximum absolute atomic E-state index is 6.36. The Morgan fingerprint density at radius 3 is 1.04 bits per heavy atom. The van der Waals surface area contributed by atoms with Crippen LogP contribution in [0.4, 0.5) is 0 Å². The molecule has 2 saturated heterocycles. The van der Waals surface area contributed by atoms with Gasteiger partial charge < -0.3 is 18.6 Å². The van der Waals surface area contributed by atoms with Gasteiger partial charge in [-0.1, -0.05) is 25.7 Å². The van der Waals surface area contributed by atoms with Gasteiger partial charge in [-0.05, 0) is 67.0 Å². The van der Waals surface area contributed by atoms with Crippen molar-refractivity contribution < 1.29 is 18.6 Å². The van der Waals surface area contributed by atoms with Crippen molar-refractivity contribution in [3.8, 4) is 0 Å². The fourth-order valence-corrected chi connectivity index (χ4v) is 3.99. The van der Waals surface area contributed by atoms with Crippen molar-refractivity contribution in [2.45, 2.75) is 115 Å². The van der Waals surface area contributed by atoms with Gasteiger partial charge in [0.15, 0.2) is 0 Å². The Morgan fingerprint density at radius 2 is 0.792 bits per heavy atom. The van der Waals surface area contributed by atoms with Crippen LogP contribution in [0, 0.1) is 0 Å². The van der Waals surface area contributed by atoms with Crippen LogP contribution < -0.4 is 0 Å². The van der Waals surface area contributed by atoms with E-state index in [2.05, 4.69) is 55.4 Å². The lowest BCUT2D eigenvalue weighted by molar-refractivity contribution is 0.00578. The first-order valence-electron chi connectivity index (χ1n) is 9.58. The second-order valence-electron chi connectivity index (χ2n) is 9.86. The molecule has 0 unspecified atom stereocenters.